The van der Waals surface area contributed by atoms with Gasteiger partial charge in [-0.05, 0) is 60.4 Å². The second-order valence-electron chi connectivity index (χ2n) is 7.16. The SMILES string of the molecule is CSc1ccc(S(=O)(=O)N(CC(=O)NCCSCc2ccccc2Cl)c2cccc(F)c2)cc1. The van der Waals surface area contributed by atoms with Crippen LogP contribution in [0, 0.1) is 5.82 Å². The number of thioether (sulfide) groups is 2. The van der Waals surface area contributed by atoms with Gasteiger partial charge in [0.1, 0.15) is 12.4 Å². The molecule has 0 unspecified atom stereocenters. The Balaban J connectivity index is 1.66. The van der Waals surface area contributed by atoms with E-state index in [0.717, 1.165) is 20.8 Å². The van der Waals surface area contributed by atoms with Crippen LogP contribution in [0.25, 0.3) is 0 Å². The highest BCUT2D eigenvalue weighted by atomic mass is 35.5. The van der Waals surface area contributed by atoms with E-state index in [9.17, 15) is 17.6 Å². The summed E-state index contributed by atoms with van der Waals surface area (Å²) in [7, 11) is -4.09. The Morgan fingerprint density at radius 1 is 1.06 bits per heavy atom. The Kier molecular flexibility index (Phi) is 9.70. The molecule has 1 N–H and O–H groups in total. The molecular weight excluding hydrogens is 515 g/mol. The Labute approximate surface area is 213 Å². The highest BCUT2D eigenvalue weighted by molar-refractivity contribution is 7.98. The maximum absolute atomic E-state index is 13.9. The monoisotopic (exact) mass is 538 g/mol. The lowest BCUT2D eigenvalue weighted by Gasteiger charge is -2.24. The van der Waals surface area contributed by atoms with Gasteiger partial charge >= 0.3 is 0 Å². The maximum Gasteiger partial charge on any atom is 0.264 e. The van der Waals surface area contributed by atoms with E-state index in [1.54, 1.807) is 23.9 Å². The molecular formula is C24H24ClFN2O3S3. The molecule has 0 saturated carbocycles. The molecule has 0 heterocycles. The summed E-state index contributed by atoms with van der Waals surface area (Å²) in [6, 6.07) is 19.1. The normalized spacial score (nSPS) is 11.3. The first-order valence-corrected chi connectivity index (χ1v) is 14.5. The van der Waals surface area contributed by atoms with Crippen molar-refractivity contribution in [1.82, 2.24) is 5.32 Å². The van der Waals surface area contributed by atoms with Crippen molar-refractivity contribution in [3.05, 3.63) is 89.2 Å². The summed E-state index contributed by atoms with van der Waals surface area (Å²) in [6.07, 6.45) is 1.89. The topological polar surface area (TPSA) is 66.5 Å². The van der Waals surface area contributed by atoms with Crippen molar-refractivity contribution in [3.8, 4) is 0 Å². The molecule has 180 valence electrons. The van der Waals surface area contributed by atoms with Gasteiger partial charge in [0.05, 0.1) is 10.6 Å². The van der Waals surface area contributed by atoms with Crippen molar-refractivity contribution < 1.29 is 17.6 Å². The summed E-state index contributed by atoms with van der Waals surface area (Å²) in [4.78, 5) is 13.6. The third-order valence-corrected chi connectivity index (χ3v) is 8.72. The summed E-state index contributed by atoms with van der Waals surface area (Å²) in [5.41, 5.74) is 1.09. The number of rotatable bonds is 11. The van der Waals surface area contributed by atoms with E-state index in [1.165, 1.54) is 42.1 Å². The lowest BCUT2D eigenvalue weighted by Crippen LogP contribution is -2.41. The average molecular weight is 539 g/mol. The van der Waals surface area contributed by atoms with Gasteiger partial charge in [0.15, 0.2) is 0 Å². The first-order valence-electron chi connectivity index (χ1n) is 10.3. The fourth-order valence-electron chi connectivity index (χ4n) is 3.07. The molecule has 0 saturated heterocycles. The van der Waals surface area contributed by atoms with Crippen LogP contribution in [0.3, 0.4) is 0 Å². The second-order valence-corrected chi connectivity index (χ2v) is 11.4. The van der Waals surface area contributed by atoms with Gasteiger partial charge in [0.25, 0.3) is 10.0 Å². The summed E-state index contributed by atoms with van der Waals surface area (Å²) in [5.74, 6) is 0.254. The summed E-state index contributed by atoms with van der Waals surface area (Å²) in [6.45, 7) is -0.112. The second kappa shape index (κ2) is 12.5. The number of benzene rings is 3. The molecule has 0 aromatic heterocycles. The summed E-state index contributed by atoms with van der Waals surface area (Å²) >= 11 is 9.24. The van der Waals surface area contributed by atoms with E-state index in [2.05, 4.69) is 5.32 Å². The van der Waals surface area contributed by atoms with Crippen LogP contribution in [0.4, 0.5) is 10.1 Å². The van der Waals surface area contributed by atoms with Crippen molar-refractivity contribution in [2.24, 2.45) is 0 Å². The molecule has 34 heavy (non-hydrogen) atoms. The van der Waals surface area contributed by atoms with Crippen LogP contribution in [0.2, 0.25) is 5.02 Å². The third-order valence-electron chi connectivity index (χ3n) is 4.81. The van der Waals surface area contributed by atoms with Crippen LogP contribution in [0.1, 0.15) is 5.56 Å². The lowest BCUT2D eigenvalue weighted by molar-refractivity contribution is -0.119. The zero-order valence-electron chi connectivity index (χ0n) is 18.4. The van der Waals surface area contributed by atoms with Crippen molar-refractivity contribution >= 4 is 56.7 Å². The van der Waals surface area contributed by atoms with E-state index in [1.807, 2.05) is 30.5 Å². The van der Waals surface area contributed by atoms with Crippen LogP contribution < -0.4 is 9.62 Å². The van der Waals surface area contributed by atoms with Gasteiger partial charge in [0, 0.05) is 28.0 Å². The minimum Gasteiger partial charge on any atom is -0.354 e. The van der Waals surface area contributed by atoms with Crippen molar-refractivity contribution in [2.45, 2.75) is 15.5 Å². The van der Waals surface area contributed by atoms with Crippen molar-refractivity contribution in [1.29, 1.82) is 0 Å². The number of carbonyl (C=O) groups is 1. The molecule has 0 bridgehead atoms. The minimum absolute atomic E-state index is 0.0256. The van der Waals surface area contributed by atoms with E-state index in [-0.39, 0.29) is 10.6 Å². The van der Waals surface area contributed by atoms with Crippen molar-refractivity contribution in [2.75, 3.05) is 29.4 Å². The van der Waals surface area contributed by atoms with E-state index < -0.39 is 28.3 Å². The zero-order valence-corrected chi connectivity index (χ0v) is 21.6. The van der Waals surface area contributed by atoms with Gasteiger partial charge in [0.2, 0.25) is 5.91 Å². The Hall–Kier alpha value is -2.20. The molecule has 0 spiro atoms. The predicted octanol–water partition coefficient (Wildman–Crippen LogP) is 5.45. The van der Waals surface area contributed by atoms with Gasteiger partial charge in [-0.15, -0.1) is 11.8 Å². The molecule has 0 aliphatic heterocycles. The number of hydrogen-bond acceptors (Lipinski definition) is 5. The molecule has 0 aliphatic carbocycles. The highest BCUT2D eigenvalue weighted by Gasteiger charge is 2.27. The van der Waals surface area contributed by atoms with Gasteiger partial charge in [-0.25, -0.2) is 12.8 Å². The molecule has 0 atom stereocenters. The van der Waals surface area contributed by atoms with Crippen LogP contribution in [-0.4, -0.2) is 39.4 Å². The first kappa shape index (κ1) is 26.4. The van der Waals surface area contributed by atoms with E-state index >= 15 is 0 Å². The quantitative estimate of drug-likeness (QED) is 0.260. The third kappa shape index (κ3) is 7.15. The molecule has 0 fully saturated rings. The molecule has 10 heteroatoms. The highest BCUT2D eigenvalue weighted by Crippen LogP contribution is 2.26. The van der Waals surface area contributed by atoms with Gasteiger partial charge in [-0.3, -0.25) is 9.10 Å². The predicted molar refractivity (Wildman–Crippen MR) is 140 cm³/mol. The number of hydrogen-bond donors (Lipinski definition) is 1. The maximum atomic E-state index is 13.9. The summed E-state index contributed by atoms with van der Waals surface area (Å²) in [5, 5.41) is 3.44. The smallest absolute Gasteiger partial charge is 0.264 e. The molecule has 3 aromatic carbocycles. The first-order chi connectivity index (χ1) is 16.3. The number of anilines is 1. The average Bonchev–Trinajstić information content (AvgIpc) is 2.83. The number of halogens is 2. The van der Waals surface area contributed by atoms with Gasteiger partial charge in [-0.1, -0.05) is 35.9 Å². The molecule has 5 nitrogen and oxygen atoms in total. The number of nitrogens with one attached hydrogen (secondary N) is 1. The molecule has 0 radical (unpaired) electrons. The fourth-order valence-corrected chi connectivity index (χ4v) is 6.03. The Bertz CT molecular complexity index is 1220. The van der Waals surface area contributed by atoms with E-state index in [4.69, 9.17) is 11.6 Å². The van der Waals surface area contributed by atoms with Crippen LogP contribution in [0.5, 0.6) is 0 Å². The summed E-state index contributed by atoms with van der Waals surface area (Å²) < 4.78 is 41.5. The fraction of sp³-hybridized carbons (Fsp3) is 0.208. The standard InChI is InChI=1S/C24H24ClFN2O3S3/c1-32-21-9-11-22(12-10-21)34(30,31)28(20-7-4-6-19(26)15-20)16-24(29)27-13-14-33-17-18-5-2-3-8-23(18)25/h2-12,15H,13-14,16-17H2,1H3,(H,27,29). The largest absolute Gasteiger partial charge is 0.354 e. The lowest BCUT2D eigenvalue weighted by atomic mass is 10.2. The van der Waals surface area contributed by atoms with Crippen LogP contribution in [-0.2, 0) is 20.6 Å². The Morgan fingerprint density at radius 2 is 1.79 bits per heavy atom. The van der Waals surface area contributed by atoms with Gasteiger partial charge < -0.3 is 5.32 Å². The number of nitrogens with zero attached hydrogens (tertiary/aromatic N) is 1. The number of carbonyl (C=O) groups excluding carboxylic acids is 1. The number of sulfonamides is 1. The van der Waals surface area contributed by atoms with E-state index in [0.29, 0.717) is 23.1 Å². The molecule has 3 rings (SSSR count). The van der Waals surface area contributed by atoms with Crippen LogP contribution in [0.15, 0.2) is 82.6 Å². The van der Waals surface area contributed by atoms with Gasteiger partial charge in [-0.2, -0.15) is 11.8 Å². The van der Waals surface area contributed by atoms with Crippen LogP contribution >= 0.6 is 35.1 Å². The Morgan fingerprint density at radius 3 is 2.47 bits per heavy atom. The van der Waals surface area contributed by atoms with Crippen molar-refractivity contribution in [3.63, 3.8) is 0 Å². The number of amides is 1. The minimum atomic E-state index is -4.09. The molecule has 3 aromatic rings. The molecule has 0 aliphatic rings. The molecule has 1 amide bonds. The zero-order chi connectivity index (χ0) is 24.6.